The van der Waals surface area contributed by atoms with Gasteiger partial charge in [-0.15, -0.1) is 0 Å². The van der Waals surface area contributed by atoms with E-state index in [1.54, 1.807) is 18.3 Å². The summed E-state index contributed by atoms with van der Waals surface area (Å²) in [5.41, 5.74) is 6.84. The second-order valence-electron chi connectivity index (χ2n) is 9.50. The topological polar surface area (TPSA) is 131 Å². The maximum absolute atomic E-state index is 14.6. The minimum absolute atomic E-state index is 0.0112. The Balaban J connectivity index is 1.51. The van der Waals surface area contributed by atoms with Crippen molar-refractivity contribution < 1.29 is 14.3 Å². The molecule has 0 unspecified atom stereocenters. The van der Waals surface area contributed by atoms with E-state index in [2.05, 4.69) is 20.6 Å². The fourth-order valence-electron chi connectivity index (χ4n) is 5.22. The highest BCUT2D eigenvalue weighted by molar-refractivity contribution is 6.33. The molecule has 3 aromatic rings. The zero-order valence-corrected chi connectivity index (χ0v) is 20.0. The van der Waals surface area contributed by atoms with Gasteiger partial charge in [-0.1, -0.05) is 17.7 Å². The number of aromatic nitrogens is 4. The van der Waals surface area contributed by atoms with Crippen LogP contribution in [0.2, 0.25) is 5.02 Å². The Morgan fingerprint density at radius 3 is 2.69 bits per heavy atom. The van der Waals surface area contributed by atoms with Crippen LogP contribution in [0.5, 0.6) is 0 Å². The molecule has 2 saturated carbocycles. The number of hydrogen-bond donors (Lipinski definition) is 4. The van der Waals surface area contributed by atoms with E-state index in [-0.39, 0.29) is 40.7 Å². The average Bonchev–Trinajstić information content (AvgIpc) is 3.19. The Morgan fingerprint density at radius 1 is 1.17 bits per heavy atom. The zero-order valence-electron chi connectivity index (χ0n) is 19.3. The quantitative estimate of drug-likeness (QED) is 0.396. The number of rotatable bonds is 6. The third-order valence-electron chi connectivity index (χ3n) is 7.08. The van der Waals surface area contributed by atoms with E-state index in [1.807, 2.05) is 4.57 Å². The monoisotopic (exact) mass is 501 g/mol. The summed E-state index contributed by atoms with van der Waals surface area (Å²) in [5, 5.41) is 16.7. The van der Waals surface area contributed by atoms with Crippen molar-refractivity contribution in [2.24, 2.45) is 11.7 Å². The number of nitrogens with two attached hydrogens (primary N) is 1. The van der Waals surface area contributed by atoms with E-state index in [0.29, 0.717) is 55.2 Å². The largest absolute Gasteiger partial charge is 0.393 e. The Kier molecular flexibility index (Phi) is 6.75. The summed E-state index contributed by atoms with van der Waals surface area (Å²) < 4.78 is 16.5. The number of anilines is 3. The zero-order chi connectivity index (χ0) is 24.5. The summed E-state index contributed by atoms with van der Waals surface area (Å²) in [7, 11) is 0. The number of hydrogen-bond acceptors (Lipinski definition) is 7. The molecule has 2 heterocycles. The van der Waals surface area contributed by atoms with Crippen molar-refractivity contribution in [3.05, 3.63) is 35.2 Å². The molecule has 0 aliphatic heterocycles. The minimum Gasteiger partial charge on any atom is -0.393 e. The predicted molar refractivity (Wildman–Crippen MR) is 132 cm³/mol. The lowest BCUT2D eigenvalue weighted by atomic mass is 9.85. The Labute approximate surface area is 207 Å². The maximum Gasteiger partial charge on any atom is 0.224 e. The number of carbonyl (C=O) groups is 1. The van der Waals surface area contributed by atoms with E-state index < -0.39 is 5.82 Å². The lowest BCUT2D eigenvalue weighted by Gasteiger charge is -2.29. The predicted octanol–water partition coefficient (Wildman–Crippen LogP) is 4.29. The Hall–Kier alpha value is -2.98. The van der Waals surface area contributed by atoms with Crippen LogP contribution in [-0.4, -0.2) is 42.7 Å². The highest BCUT2D eigenvalue weighted by Gasteiger charge is 2.30. The van der Waals surface area contributed by atoms with Gasteiger partial charge < -0.3 is 21.5 Å². The maximum atomic E-state index is 14.6. The molecule has 2 atom stereocenters. The first-order valence-corrected chi connectivity index (χ1v) is 12.5. The van der Waals surface area contributed by atoms with Gasteiger partial charge in [-0.3, -0.25) is 9.36 Å². The molecule has 5 rings (SSSR count). The van der Waals surface area contributed by atoms with Gasteiger partial charge in [0, 0.05) is 18.0 Å². The molecule has 0 spiro atoms. The molecule has 186 valence electrons. The number of amides is 1. The molecule has 2 aliphatic carbocycles. The smallest absolute Gasteiger partial charge is 0.224 e. The number of nitrogens with zero attached hydrogens (tertiary/aromatic N) is 4. The van der Waals surface area contributed by atoms with Gasteiger partial charge in [0.25, 0.3) is 0 Å². The molecule has 2 aromatic heterocycles. The molecular formula is C24H29ClFN7O2. The van der Waals surface area contributed by atoms with Crippen LogP contribution in [0.3, 0.4) is 0 Å². The Morgan fingerprint density at radius 2 is 1.97 bits per heavy atom. The Bertz CT molecular complexity index is 1210. The highest BCUT2D eigenvalue weighted by Crippen LogP contribution is 2.38. The standard InChI is InChI=1S/C24H29ClFN7O2/c25-17-5-2-6-18(26)20(17)31-24-30-19-12-28-23(29-14-3-1-4-16(34)11-14)32-22(19)33(24)15-9-7-13(8-10-15)21(27)35/h2,5-6,12-16,34H,1,3-4,7-11H2,(H2,27,35)(H,30,31)(H,28,29,32)/t13?,14-,15?,16-/m0/s1. The molecule has 2 aliphatic rings. The van der Waals surface area contributed by atoms with Crippen molar-refractivity contribution in [3.8, 4) is 0 Å². The second kappa shape index (κ2) is 9.94. The molecule has 5 N–H and O–H groups in total. The first-order chi connectivity index (χ1) is 16.9. The number of imidazole rings is 1. The van der Waals surface area contributed by atoms with Crippen LogP contribution in [0.4, 0.5) is 22.0 Å². The summed E-state index contributed by atoms with van der Waals surface area (Å²) in [4.78, 5) is 25.6. The third kappa shape index (κ3) is 5.04. The van der Waals surface area contributed by atoms with Crippen LogP contribution < -0.4 is 16.4 Å². The average molecular weight is 502 g/mol. The fraction of sp³-hybridized carbons (Fsp3) is 0.500. The van der Waals surface area contributed by atoms with Crippen LogP contribution in [-0.2, 0) is 4.79 Å². The van der Waals surface area contributed by atoms with Gasteiger partial charge in [0.05, 0.1) is 23.0 Å². The van der Waals surface area contributed by atoms with E-state index in [9.17, 15) is 14.3 Å². The number of primary amides is 1. The number of halogens is 2. The SMILES string of the molecule is NC(=O)C1CCC(n2c(Nc3c(F)cccc3Cl)nc3cnc(N[C@H]4CCC[C@H](O)C4)nc32)CC1. The first-order valence-electron chi connectivity index (χ1n) is 12.1. The van der Waals surface area contributed by atoms with Crippen LogP contribution in [0.25, 0.3) is 11.2 Å². The van der Waals surface area contributed by atoms with Crippen molar-refractivity contribution in [1.29, 1.82) is 0 Å². The summed E-state index contributed by atoms with van der Waals surface area (Å²) >= 11 is 6.27. The lowest BCUT2D eigenvalue weighted by Crippen LogP contribution is -2.30. The van der Waals surface area contributed by atoms with Crippen molar-refractivity contribution in [1.82, 2.24) is 19.5 Å². The molecule has 0 radical (unpaired) electrons. The first kappa shape index (κ1) is 23.7. The van der Waals surface area contributed by atoms with E-state index >= 15 is 0 Å². The highest BCUT2D eigenvalue weighted by atomic mass is 35.5. The van der Waals surface area contributed by atoms with Gasteiger partial charge in [-0.05, 0) is 63.5 Å². The minimum atomic E-state index is -0.488. The van der Waals surface area contributed by atoms with Crippen LogP contribution >= 0.6 is 11.6 Å². The van der Waals surface area contributed by atoms with Gasteiger partial charge in [0.15, 0.2) is 5.65 Å². The van der Waals surface area contributed by atoms with Crippen LogP contribution in [0.1, 0.15) is 57.4 Å². The normalized spacial score (nSPS) is 24.9. The molecule has 0 bridgehead atoms. The van der Waals surface area contributed by atoms with Gasteiger partial charge in [-0.25, -0.2) is 14.4 Å². The van der Waals surface area contributed by atoms with Gasteiger partial charge in [0.1, 0.15) is 11.3 Å². The van der Waals surface area contributed by atoms with Crippen LogP contribution in [0, 0.1) is 11.7 Å². The molecule has 35 heavy (non-hydrogen) atoms. The number of benzene rings is 1. The number of fused-ring (bicyclic) bond motifs is 1. The summed E-state index contributed by atoms with van der Waals surface area (Å²) in [6.07, 6.45) is 7.41. The number of para-hydroxylation sites is 1. The molecule has 0 saturated heterocycles. The van der Waals surface area contributed by atoms with Crippen molar-refractivity contribution in [3.63, 3.8) is 0 Å². The molecule has 1 amide bonds. The van der Waals surface area contributed by atoms with Crippen LogP contribution in [0.15, 0.2) is 24.4 Å². The van der Waals surface area contributed by atoms with E-state index in [4.69, 9.17) is 22.3 Å². The van der Waals surface area contributed by atoms with Crippen molar-refractivity contribution >= 4 is 46.3 Å². The van der Waals surface area contributed by atoms with Gasteiger partial charge in [-0.2, -0.15) is 4.98 Å². The molecule has 1 aromatic carbocycles. The molecule has 9 nitrogen and oxygen atoms in total. The van der Waals surface area contributed by atoms with Crippen molar-refractivity contribution in [2.75, 3.05) is 10.6 Å². The summed E-state index contributed by atoms with van der Waals surface area (Å²) in [6.45, 7) is 0. The molecule has 11 heteroatoms. The molecule has 2 fully saturated rings. The fourth-order valence-corrected chi connectivity index (χ4v) is 5.43. The number of carbonyl (C=O) groups excluding carboxylic acids is 1. The number of nitrogens with one attached hydrogen (secondary N) is 2. The second-order valence-corrected chi connectivity index (χ2v) is 9.91. The summed E-state index contributed by atoms with van der Waals surface area (Å²) in [5.74, 6) is -0.0482. The lowest BCUT2D eigenvalue weighted by molar-refractivity contribution is -0.122. The van der Waals surface area contributed by atoms with Gasteiger partial charge >= 0.3 is 0 Å². The number of aliphatic hydroxyl groups excluding tert-OH is 1. The van der Waals surface area contributed by atoms with Gasteiger partial charge in [0.2, 0.25) is 17.8 Å². The summed E-state index contributed by atoms with van der Waals surface area (Å²) in [6, 6.07) is 4.57. The third-order valence-corrected chi connectivity index (χ3v) is 7.39. The van der Waals surface area contributed by atoms with E-state index in [0.717, 1.165) is 19.3 Å². The van der Waals surface area contributed by atoms with Crippen molar-refractivity contribution in [2.45, 2.75) is 69.6 Å². The van der Waals surface area contributed by atoms with E-state index in [1.165, 1.54) is 6.07 Å². The molecular weight excluding hydrogens is 473 g/mol. The number of aliphatic hydroxyl groups is 1.